The van der Waals surface area contributed by atoms with Gasteiger partial charge in [0, 0.05) is 24.1 Å². The Morgan fingerprint density at radius 3 is 2.47 bits per heavy atom. The van der Waals surface area contributed by atoms with E-state index in [1.807, 2.05) is 62.1 Å². The van der Waals surface area contributed by atoms with Crippen LogP contribution in [0.5, 0.6) is 17.2 Å². The van der Waals surface area contributed by atoms with Crippen LogP contribution in [0.4, 0.5) is 10.5 Å². The van der Waals surface area contributed by atoms with Crippen molar-refractivity contribution in [2.45, 2.75) is 52.2 Å². The van der Waals surface area contributed by atoms with E-state index in [4.69, 9.17) is 14.2 Å². The van der Waals surface area contributed by atoms with Crippen molar-refractivity contribution in [3.05, 3.63) is 46.9 Å². The number of likely N-dealkylation sites (tertiary alicyclic amines) is 1. The number of carbonyl (C=O) groups excluding carboxylic acids is 1. The SMILES string of the molecule is CCN(CC1CCCN1C(=O)OC(C)(C)C)c1ccc(Br)cc1Oc1ccc(OC)cc1. The van der Waals surface area contributed by atoms with Crippen molar-refractivity contribution in [1.29, 1.82) is 0 Å². The summed E-state index contributed by atoms with van der Waals surface area (Å²) in [4.78, 5) is 16.9. The molecule has 0 bridgehead atoms. The molecule has 6 nitrogen and oxygen atoms in total. The summed E-state index contributed by atoms with van der Waals surface area (Å²) in [5.74, 6) is 2.27. The van der Waals surface area contributed by atoms with Gasteiger partial charge in [0.15, 0.2) is 5.75 Å². The van der Waals surface area contributed by atoms with E-state index in [-0.39, 0.29) is 12.1 Å². The summed E-state index contributed by atoms with van der Waals surface area (Å²) < 4.78 is 18.1. The van der Waals surface area contributed by atoms with Crippen LogP contribution < -0.4 is 14.4 Å². The lowest BCUT2D eigenvalue weighted by Crippen LogP contribution is -2.45. The maximum absolute atomic E-state index is 12.7. The second-order valence-corrected chi connectivity index (χ2v) is 9.81. The number of nitrogens with zero attached hydrogens (tertiary/aromatic N) is 2. The summed E-state index contributed by atoms with van der Waals surface area (Å²) in [6, 6.07) is 13.7. The predicted molar refractivity (Wildman–Crippen MR) is 131 cm³/mol. The maximum atomic E-state index is 12.7. The van der Waals surface area contributed by atoms with E-state index in [1.165, 1.54) is 0 Å². The van der Waals surface area contributed by atoms with Crippen molar-refractivity contribution in [2.24, 2.45) is 0 Å². The van der Waals surface area contributed by atoms with Gasteiger partial charge < -0.3 is 24.0 Å². The molecule has 1 heterocycles. The molecule has 0 aliphatic carbocycles. The van der Waals surface area contributed by atoms with Crippen LogP contribution in [0, 0.1) is 0 Å². The molecule has 0 spiro atoms. The minimum absolute atomic E-state index is 0.0993. The van der Waals surface area contributed by atoms with Gasteiger partial charge >= 0.3 is 6.09 Å². The number of likely N-dealkylation sites (N-methyl/N-ethyl adjacent to an activating group) is 1. The normalized spacial score (nSPS) is 16.1. The summed E-state index contributed by atoms with van der Waals surface area (Å²) in [6.45, 7) is 10.1. The largest absolute Gasteiger partial charge is 0.497 e. The minimum Gasteiger partial charge on any atom is -0.497 e. The highest BCUT2D eigenvalue weighted by Gasteiger charge is 2.33. The van der Waals surface area contributed by atoms with E-state index in [0.29, 0.717) is 0 Å². The third-order valence-corrected chi connectivity index (χ3v) is 5.86. The molecular weight excluding hydrogens is 472 g/mol. The fourth-order valence-corrected chi connectivity index (χ4v) is 4.18. The first-order valence-corrected chi connectivity index (χ1v) is 11.9. The van der Waals surface area contributed by atoms with E-state index in [9.17, 15) is 4.79 Å². The van der Waals surface area contributed by atoms with Crippen LogP contribution in [0.25, 0.3) is 0 Å². The highest BCUT2D eigenvalue weighted by molar-refractivity contribution is 9.10. The molecule has 32 heavy (non-hydrogen) atoms. The van der Waals surface area contributed by atoms with Gasteiger partial charge in [0.1, 0.15) is 17.1 Å². The zero-order valence-electron chi connectivity index (χ0n) is 19.6. The second kappa shape index (κ2) is 10.5. The van der Waals surface area contributed by atoms with Gasteiger partial charge in [-0.3, -0.25) is 0 Å². The number of halogens is 1. The molecule has 3 rings (SSSR count). The number of methoxy groups -OCH3 is 1. The zero-order valence-corrected chi connectivity index (χ0v) is 21.1. The Morgan fingerprint density at radius 1 is 1.16 bits per heavy atom. The number of benzene rings is 2. The standard InChI is InChI=1S/C25H33BrN2O4/c1-6-27(17-19-8-7-15-28(19)24(29)32-25(2,3)4)22-14-9-18(26)16-23(22)31-21-12-10-20(30-5)11-13-21/h9-14,16,19H,6-8,15,17H2,1-5H3. The number of amides is 1. The molecule has 2 aromatic carbocycles. The van der Waals surface area contributed by atoms with Crippen LogP contribution in [0.1, 0.15) is 40.5 Å². The van der Waals surface area contributed by atoms with Gasteiger partial charge in [-0.15, -0.1) is 0 Å². The first-order chi connectivity index (χ1) is 15.2. The molecule has 1 atom stereocenters. The number of hydrogen-bond acceptors (Lipinski definition) is 5. The van der Waals surface area contributed by atoms with Crippen molar-refractivity contribution in [1.82, 2.24) is 4.90 Å². The molecule has 1 unspecified atom stereocenters. The molecule has 1 aliphatic rings. The molecule has 0 radical (unpaired) electrons. The number of rotatable bonds is 7. The quantitative estimate of drug-likeness (QED) is 0.432. The maximum Gasteiger partial charge on any atom is 0.410 e. The van der Waals surface area contributed by atoms with Gasteiger partial charge in [-0.25, -0.2) is 4.79 Å². The van der Waals surface area contributed by atoms with Crippen molar-refractivity contribution in [3.8, 4) is 17.2 Å². The highest BCUT2D eigenvalue weighted by Crippen LogP contribution is 2.36. The first kappa shape index (κ1) is 24.2. The van der Waals surface area contributed by atoms with Crippen molar-refractivity contribution in [3.63, 3.8) is 0 Å². The fourth-order valence-electron chi connectivity index (χ4n) is 3.84. The molecule has 1 aliphatic heterocycles. The third-order valence-electron chi connectivity index (χ3n) is 5.37. The van der Waals surface area contributed by atoms with Crippen LogP contribution in [0.3, 0.4) is 0 Å². The van der Waals surface area contributed by atoms with Crippen molar-refractivity contribution in [2.75, 3.05) is 31.6 Å². The van der Waals surface area contributed by atoms with Crippen LogP contribution in [0.15, 0.2) is 46.9 Å². The van der Waals surface area contributed by atoms with Gasteiger partial charge in [0.05, 0.1) is 18.8 Å². The minimum atomic E-state index is -0.500. The number of carbonyl (C=O) groups is 1. The Balaban J connectivity index is 1.79. The van der Waals surface area contributed by atoms with E-state index < -0.39 is 5.60 Å². The lowest BCUT2D eigenvalue weighted by atomic mass is 10.1. The third kappa shape index (κ3) is 6.31. The average Bonchev–Trinajstić information content (AvgIpc) is 3.20. The molecule has 2 aromatic rings. The molecule has 1 fully saturated rings. The Kier molecular flexibility index (Phi) is 7.93. The zero-order chi connectivity index (χ0) is 23.3. The summed E-state index contributed by atoms with van der Waals surface area (Å²) in [6.07, 6.45) is 1.71. The average molecular weight is 505 g/mol. The van der Waals surface area contributed by atoms with E-state index >= 15 is 0 Å². The van der Waals surface area contributed by atoms with E-state index in [2.05, 4.69) is 33.8 Å². The highest BCUT2D eigenvalue weighted by atomic mass is 79.9. The Bertz CT molecular complexity index is 911. The lowest BCUT2D eigenvalue weighted by Gasteiger charge is -2.33. The van der Waals surface area contributed by atoms with Gasteiger partial charge in [-0.1, -0.05) is 15.9 Å². The smallest absolute Gasteiger partial charge is 0.410 e. The van der Waals surface area contributed by atoms with Crippen LogP contribution in [-0.4, -0.2) is 49.4 Å². The van der Waals surface area contributed by atoms with Crippen molar-refractivity contribution < 1.29 is 19.0 Å². The molecular formula is C25H33BrN2O4. The Labute approximate surface area is 199 Å². The van der Waals surface area contributed by atoms with Crippen LogP contribution >= 0.6 is 15.9 Å². The fraction of sp³-hybridized carbons (Fsp3) is 0.480. The molecule has 7 heteroatoms. The summed E-state index contributed by atoms with van der Waals surface area (Å²) in [5, 5.41) is 0. The predicted octanol–water partition coefficient (Wildman–Crippen LogP) is 6.48. The summed E-state index contributed by atoms with van der Waals surface area (Å²) in [5.41, 5.74) is 0.488. The summed E-state index contributed by atoms with van der Waals surface area (Å²) >= 11 is 3.56. The van der Waals surface area contributed by atoms with Crippen LogP contribution in [0.2, 0.25) is 0 Å². The molecule has 1 saturated heterocycles. The number of anilines is 1. The molecule has 174 valence electrons. The molecule has 0 N–H and O–H groups in total. The van der Waals surface area contributed by atoms with Gasteiger partial charge in [0.25, 0.3) is 0 Å². The Hall–Kier alpha value is -2.41. The van der Waals surface area contributed by atoms with E-state index in [0.717, 1.165) is 59.9 Å². The number of hydrogen-bond donors (Lipinski definition) is 0. The molecule has 1 amide bonds. The van der Waals surface area contributed by atoms with E-state index in [1.54, 1.807) is 7.11 Å². The summed E-state index contributed by atoms with van der Waals surface area (Å²) in [7, 11) is 1.64. The van der Waals surface area contributed by atoms with Gasteiger partial charge in [-0.2, -0.15) is 0 Å². The lowest BCUT2D eigenvalue weighted by molar-refractivity contribution is 0.0231. The monoisotopic (exact) mass is 504 g/mol. The molecule has 0 aromatic heterocycles. The van der Waals surface area contributed by atoms with Gasteiger partial charge in [0.2, 0.25) is 0 Å². The van der Waals surface area contributed by atoms with Crippen molar-refractivity contribution >= 4 is 27.7 Å². The van der Waals surface area contributed by atoms with Crippen LogP contribution in [-0.2, 0) is 4.74 Å². The number of ether oxygens (including phenoxy) is 3. The molecule has 0 saturated carbocycles. The second-order valence-electron chi connectivity index (χ2n) is 8.90. The first-order valence-electron chi connectivity index (χ1n) is 11.1. The topological polar surface area (TPSA) is 51.2 Å². The van der Waals surface area contributed by atoms with Gasteiger partial charge in [-0.05, 0) is 83.0 Å². The Morgan fingerprint density at radius 2 is 1.84 bits per heavy atom.